The number of phenols is 1. The van der Waals surface area contributed by atoms with Gasteiger partial charge in [0.15, 0.2) is 0 Å². The Morgan fingerprint density at radius 1 is 1.20 bits per heavy atom. The minimum Gasteiger partial charge on any atom is -0.507 e. The Balaban J connectivity index is 2.15. The molecule has 0 saturated heterocycles. The average molecular weight is 336 g/mol. The van der Waals surface area contributed by atoms with E-state index in [4.69, 9.17) is 0 Å². The van der Waals surface area contributed by atoms with Crippen LogP contribution in [0.15, 0.2) is 53.0 Å². The molecule has 0 heterocycles. The van der Waals surface area contributed by atoms with Gasteiger partial charge in [-0.1, -0.05) is 30.3 Å². The third kappa shape index (κ3) is 3.37. The summed E-state index contributed by atoms with van der Waals surface area (Å²) >= 11 is 3.16. The third-order valence-corrected chi connectivity index (χ3v) is 3.57. The molecule has 0 fully saturated rings. The lowest BCUT2D eigenvalue weighted by molar-refractivity contribution is 0.0916. The molecule has 0 radical (unpaired) electrons. The van der Waals surface area contributed by atoms with E-state index in [1.807, 2.05) is 30.3 Å². The molecule has 1 atom stereocenters. The summed E-state index contributed by atoms with van der Waals surface area (Å²) in [5.41, 5.74) is 1.16. The maximum absolute atomic E-state index is 12.1. The van der Waals surface area contributed by atoms with Gasteiger partial charge in [0.2, 0.25) is 0 Å². The van der Waals surface area contributed by atoms with E-state index in [0.29, 0.717) is 10.0 Å². The van der Waals surface area contributed by atoms with Gasteiger partial charge in [-0.25, -0.2) is 0 Å². The molecule has 0 saturated carbocycles. The van der Waals surface area contributed by atoms with Crippen LogP contribution in [-0.2, 0) is 0 Å². The number of halogens is 1. The van der Waals surface area contributed by atoms with Crippen LogP contribution in [0.4, 0.5) is 0 Å². The summed E-state index contributed by atoms with van der Waals surface area (Å²) in [6.07, 6.45) is 0. The molecule has 2 aromatic carbocycles. The SMILES string of the molecule is O=C(N[C@H](CO)c1ccccc1)c1ccc(Br)c(O)c1. The Bertz CT molecular complexity index is 601. The number of aliphatic hydroxyl groups is 1. The quantitative estimate of drug-likeness (QED) is 0.804. The molecule has 2 rings (SSSR count). The van der Waals surface area contributed by atoms with E-state index in [2.05, 4.69) is 21.2 Å². The molecule has 0 unspecified atom stereocenters. The van der Waals surface area contributed by atoms with Gasteiger partial charge in [-0.3, -0.25) is 4.79 Å². The van der Waals surface area contributed by atoms with Crippen LogP contribution in [0.2, 0.25) is 0 Å². The molecule has 104 valence electrons. The lowest BCUT2D eigenvalue weighted by Crippen LogP contribution is -2.30. The van der Waals surface area contributed by atoms with E-state index in [9.17, 15) is 15.0 Å². The van der Waals surface area contributed by atoms with Gasteiger partial charge in [0.05, 0.1) is 17.1 Å². The number of hydrogen-bond acceptors (Lipinski definition) is 3. The maximum atomic E-state index is 12.1. The molecule has 0 aliphatic rings. The van der Waals surface area contributed by atoms with Crippen molar-refractivity contribution < 1.29 is 15.0 Å². The van der Waals surface area contributed by atoms with Gasteiger partial charge in [-0.2, -0.15) is 0 Å². The Morgan fingerprint density at radius 3 is 2.50 bits per heavy atom. The summed E-state index contributed by atoms with van der Waals surface area (Å²) in [5, 5.41) is 21.7. The van der Waals surface area contributed by atoms with Crippen molar-refractivity contribution in [3.8, 4) is 5.75 Å². The largest absolute Gasteiger partial charge is 0.507 e. The molecule has 0 bridgehead atoms. The van der Waals surface area contributed by atoms with Crippen LogP contribution < -0.4 is 5.32 Å². The van der Waals surface area contributed by atoms with Crippen molar-refractivity contribution in [2.45, 2.75) is 6.04 Å². The highest BCUT2D eigenvalue weighted by Gasteiger charge is 2.15. The van der Waals surface area contributed by atoms with Gasteiger partial charge in [-0.15, -0.1) is 0 Å². The van der Waals surface area contributed by atoms with Gasteiger partial charge in [0, 0.05) is 5.56 Å². The molecule has 5 heteroatoms. The van der Waals surface area contributed by atoms with Crippen LogP contribution in [0.25, 0.3) is 0 Å². The monoisotopic (exact) mass is 335 g/mol. The van der Waals surface area contributed by atoms with Crippen molar-refractivity contribution in [1.82, 2.24) is 5.32 Å². The summed E-state index contributed by atoms with van der Waals surface area (Å²) in [7, 11) is 0. The predicted molar refractivity (Wildman–Crippen MR) is 79.5 cm³/mol. The van der Waals surface area contributed by atoms with Gasteiger partial charge in [0.1, 0.15) is 5.75 Å². The first-order chi connectivity index (χ1) is 9.61. The first kappa shape index (κ1) is 14.6. The van der Waals surface area contributed by atoms with E-state index in [0.717, 1.165) is 5.56 Å². The zero-order chi connectivity index (χ0) is 14.5. The lowest BCUT2D eigenvalue weighted by Gasteiger charge is -2.16. The minimum atomic E-state index is -0.477. The van der Waals surface area contributed by atoms with Crippen molar-refractivity contribution >= 4 is 21.8 Å². The number of aromatic hydroxyl groups is 1. The number of hydrogen-bond donors (Lipinski definition) is 3. The fourth-order valence-electron chi connectivity index (χ4n) is 1.82. The molecule has 0 spiro atoms. The first-order valence-corrected chi connectivity index (χ1v) is 6.86. The van der Waals surface area contributed by atoms with Crippen molar-refractivity contribution in [2.75, 3.05) is 6.61 Å². The Morgan fingerprint density at radius 2 is 1.90 bits per heavy atom. The standard InChI is InChI=1S/C15H14BrNO3/c16-12-7-6-11(8-14(12)19)15(20)17-13(9-18)10-4-2-1-3-5-10/h1-8,13,18-19H,9H2,(H,17,20)/t13-/m1/s1. The number of phenolic OH excluding ortho intramolecular Hbond substituents is 1. The van der Waals surface area contributed by atoms with Crippen LogP contribution in [0, 0.1) is 0 Å². The number of amides is 1. The van der Waals surface area contributed by atoms with Crippen molar-refractivity contribution in [1.29, 1.82) is 0 Å². The lowest BCUT2D eigenvalue weighted by atomic mass is 10.1. The highest BCUT2D eigenvalue weighted by molar-refractivity contribution is 9.10. The average Bonchev–Trinajstić information content (AvgIpc) is 2.48. The summed E-state index contributed by atoms with van der Waals surface area (Å²) < 4.78 is 0.524. The van der Waals surface area contributed by atoms with Gasteiger partial charge < -0.3 is 15.5 Å². The summed E-state index contributed by atoms with van der Waals surface area (Å²) in [6.45, 7) is -0.196. The fraction of sp³-hybridized carbons (Fsp3) is 0.133. The van der Waals surface area contributed by atoms with E-state index in [1.165, 1.54) is 6.07 Å². The van der Waals surface area contributed by atoms with E-state index in [1.54, 1.807) is 12.1 Å². The van der Waals surface area contributed by atoms with Crippen LogP contribution in [0.3, 0.4) is 0 Å². The molecule has 0 aromatic heterocycles. The van der Waals surface area contributed by atoms with Gasteiger partial charge >= 0.3 is 0 Å². The van der Waals surface area contributed by atoms with Gasteiger partial charge in [0.25, 0.3) is 5.91 Å². The number of aliphatic hydroxyl groups excluding tert-OH is 1. The zero-order valence-corrected chi connectivity index (χ0v) is 12.2. The summed E-state index contributed by atoms with van der Waals surface area (Å²) in [6, 6.07) is 13.3. The zero-order valence-electron chi connectivity index (χ0n) is 10.6. The van der Waals surface area contributed by atoms with Crippen molar-refractivity contribution in [2.24, 2.45) is 0 Å². The Hall–Kier alpha value is -1.85. The second-order valence-corrected chi connectivity index (χ2v) is 5.14. The minimum absolute atomic E-state index is 0.00194. The molecule has 0 aliphatic heterocycles. The molecular weight excluding hydrogens is 322 g/mol. The molecule has 20 heavy (non-hydrogen) atoms. The van der Waals surface area contributed by atoms with Crippen LogP contribution in [-0.4, -0.2) is 22.7 Å². The number of nitrogens with one attached hydrogen (secondary N) is 1. The van der Waals surface area contributed by atoms with Crippen LogP contribution >= 0.6 is 15.9 Å². The number of rotatable bonds is 4. The molecule has 0 aliphatic carbocycles. The first-order valence-electron chi connectivity index (χ1n) is 6.07. The van der Waals surface area contributed by atoms with Gasteiger partial charge in [-0.05, 0) is 39.7 Å². The van der Waals surface area contributed by atoms with Crippen molar-refractivity contribution in [3.63, 3.8) is 0 Å². The topological polar surface area (TPSA) is 69.6 Å². The smallest absolute Gasteiger partial charge is 0.251 e. The number of carbonyl (C=O) groups is 1. The molecule has 2 aromatic rings. The molecule has 1 amide bonds. The fourth-order valence-corrected chi connectivity index (χ4v) is 2.06. The number of benzene rings is 2. The second kappa shape index (κ2) is 6.54. The van der Waals surface area contributed by atoms with E-state index >= 15 is 0 Å². The molecular formula is C15H14BrNO3. The van der Waals surface area contributed by atoms with E-state index in [-0.39, 0.29) is 18.3 Å². The Labute approximate surface area is 125 Å². The molecule has 3 N–H and O–H groups in total. The maximum Gasteiger partial charge on any atom is 0.251 e. The highest BCUT2D eigenvalue weighted by Crippen LogP contribution is 2.24. The third-order valence-electron chi connectivity index (χ3n) is 2.90. The normalized spacial score (nSPS) is 11.9. The van der Waals surface area contributed by atoms with Crippen LogP contribution in [0.5, 0.6) is 5.75 Å². The van der Waals surface area contributed by atoms with Crippen molar-refractivity contribution in [3.05, 3.63) is 64.1 Å². The predicted octanol–water partition coefficient (Wildman–Crippen LogP) is 2.62. The number of carbonyl (C=O) groups excluding carboxylic acids is 1. The second-order valence-electron chi connectivity index (χ2n) is 4.29. The highest BCUT2D eigenvalue weighted by atomic mass is 79.9. The molecule has 4 nitrogen and oxygen atoms in total. The summed E-state index contributed by atoms with van der Waals surface area (Å²) in [5.74, 6) is -0.353. The summed E-state index contributed by atoms with van der Waals surface area (Å²) in [4.78, 5) is 12.1. The van der Waals surface area contributed by atoms with E-state index < -0.39 is 6.04 Å². The Kier molecular flexibility index (Phi) is 4.76. The van der Waals surface area contributed by atoms with Crippen LogP contribution in [0.1, 0.15) is 22.0 Å².